The van der Waals surface area contributed by atoms with Crippen LogP contribution >= 0.6 is 0 Å². The Bertz CT molecular complexity index is 169. The summed E-state index contributed by atoms with van der Waals surface area (Å²) in [6.07, 6.45) is 7.45. The standard InChI is InChI=1S/C12H22Se2/c1-3-13-10-12(14-4-2)11-8-6-5-7-9-11/h10-11H,3-9H2,1-2H3/b12-10-. The summed E-state index contributed by atoms with van der Waals surface area (Å²) < 4.78 is 1.88. The van der Waals surface area contributed by atoms with Crippen molar-refractivity contribution >= 4 is 29.9 Å². The zero-order valence-electron chi connectivity index (χ0n) is 9.42. The Morgan fingerprint density at radius 1 is 1.14 bits per heavy atom. The van der Waals surface area contributed by atoms with E-state index in [1.165, 1.54) is 42.7 Å². The fourth-order valence-electron chi connectivity index (χ4n) is 1.97. The van der Waals surface area contributed by atoms with Crippen molar-refractivity contribution in [3.63, 3.8) is 0 Å². The molecule has 0 N–H and O–H groups in total. The van der Waals surface area contributed by atoms with Crippen molar-refractivity contribution in [2.24, 2.45) is 5.92 Å². The van der Waals surface area contributed by atoms with Gasteiger partial charge in [0.25, 0.3) is 0 Å². The molecule has 0 heterocycles. The van der Waals surface area contributed by atoms with Crippen molar-refractivity contribution in [1.82, 2.24) is 0 Å². The molecule has 0 unspecified atom stereocenters. The van der Waals surface area contributed by atoms with Crippen LogP contribution in [0.1, 0.15) is 46.0 Å². The second-order valence-corrected chi connectivity index (χ2v) is 8.95. The molecule has 0 radical (unpaired) electrons. The van der Waals surface area contributed by atoms with Gasteiger partial charge in [-0.05, 0) is 0 Å². The molecule has 0 aromatic rings. The molecule has 0 atom stereocenters. The van der Waals surface area contributed by atoms with Gasteiger partial charge in [0.2, 0.25) is 0 Å². The summed E-state index contributed by atoms with van der Waals surface area (Å²) in [5.41, 5.74) is 0. The monoisotopic (exact) mass is 326 g/mol. The SMILES string of the molecule is CC[Se]/C=C(\[Se]CC)C1CCCCC1. The third-order valence-electron chi connectivity index (χ3n) is 2.68. The Hall–Kier alpha value is 0.779. The molecule has 1 fully saturated rings. The van der Waals surface area contributed by atoms with E-state index in [4.69, 9.17) is 0 Å². The minimum atomic E-state index is 0.795. The van der Waals surface area contributed by atoms with E-state index in [1.807, 2.05) is 4.47 Å². The first-order chi connectivity index (χ1) is 6.88. The van der Waals surface area contributed by atoms with E-state index >= 15 is 0 Å². The van der Waals surface area contributed by atoms with Crippen molar-refractivity contribution < 1.29 is 0 Å². The van der Waals surface area contributed by atoms with Crippen molar-refractivity contribution in [2.45, 2.75) is 56.6 Å². The van der Waals surface area contributed by atoms with Gasteiger partial charge >= 0.3 is 102 Å². The maximum atomic E-state index is 2.63. The van der Waals surface area contributed by atoms with Gasteiger partial charge in [-0.1, -0.05) is 0 Å². The topological polar surface area (TPSA) is 0 Å². The molecule has 82 valence electrons. The van der Waals surface area contributed by atoms with Gasteiger partial charge in [-0.15, -0.1) is 0 Å². The van der Waals surface area contributed by atoms with Crippen LogP contribution in [0.5, 0.6) is 0 Å². The van der Waals surface area contributed by atoms with Crippen molar-refractivity contribution in [3.8, 4) is 0 Å². The first kappa shape index (κ1) is 12.8. The number of allylic oxidation sites excluding steroid dienone is 1. The average Bonchev–Trinajstić information content (AvgIpc) is 2.25. The van der Waals surface area contributed by atoms with Crippen LogP contribution in [0.2, 0.25) is 10.6 Å². The summed E-state index contributed by atoms with van der Waals surface area (Å²) in [5.74, 6) is 0.997. The Morgan fingerprint density at radius 2 is 1.86 bits per heavy atom. The van der Waals surface area contributed by atoms with Crippen molar-refractivity contribution in [1.29, 1.82) is 0 Å². The molecule has 1 saturated carbocycles. The summed E-state index contributed by atoms with van der Waals surface area (Å²) in [6.45, 7) is 4.66. The molecule has 0 aliphatic heterocycles. The summed E-state index contributed by atoms with van der Waals surface area (Å²) in [7, 11) is 0. The normalized spacial score (nSPS) is 20.0. The van der Waals surface area contributed by atoms with Gasteiger partial charge in [-0.2, -0.15) is 0 Å². The summed E-state index contributed by atoms with van der Waals surface area (Å²) in [6, 6.07) is 0. The molecule has 0 spiro atoms. The molecule has 2 heteroatoms. The van der Waals surface area contributed by atoms with Gasteiger partial charge in [0.05, 0.1) is 0 Å². The second-order valence-electron chi connectivity index (χ2n) is 3.74. The molecule has 0 saturated heterocycles. The molecule has 1 aliphatic rings. The summed E-state index contributed by atoms with van der Waals surface area (Å²) in [4.78, 5) is 2.63. The van der Waals surface area contributed by atoms with Crippen LogP contribution in [0.3, 0.4) is 0 Å². The third kappa shape index (κ3) is 4.53. The van der Waals surface area contributed by atoms with Gasteiger partial charge < -0.3 is 0 Å². The third-order valence-corrected chi connectivity index (χ3v) is 7.27. The molecular weight excluding hydrogens is 302 g/mol. The first-order valence-corrected chi connectivity index (χ1v) is 10.1. The van der Waals surface area contributed by atoms with Crippen molar-refractivity contribution in [3.05, 3.63) is 9.45 Å². The Morgan fingerprint density at radius 3 is 2.43 bits per heavy atom. The Labute approximate surface area is 102 Å². The fraction of sp³-hybridized carbons (Fsp3) is 0.833. The van der Waals surface area contributed by atoms with Crippen LogP contribution in [0, 0.1) is 5.92 Å². The van der Waals surface area contributed by atoms with Crippen molar-refractivity contribution in [2.75, 3.05) is 0 Å². The molecular formula is C12H22Se2. The Balaban J connectivity index is 2.46. The zero-order valence-corrected chi connectivity index (χ0v) is 12.8. The second kappa shape index (κ2) is 7.99. The van der Waals surface area contributed by atoms with Gasteiger partial charge in [0, 0.05) is 0 Å². The minimum absolute atomic E-state index is 0.795. The molecule has 0 nitrogen and oxygen atoms in total. The molecule has 0 aromatic heterocycles. The van der Waals surface area contributed by atoms with E-state index in [2.05, 4.69) is 18.8 Å². The predicted molar refractivity (Wildman–Crippen MR) is 67.1 cm³/mol. The number of hydrogen-bond acceptors (Lipinski definition) is 0. The molecule has 0 bridgehead atoms. The number of rotatable bonds is 5. The molecule has 14 heavy (non-hydrogen) atoms. The zero-order chi connectivity index (χ0) is 10.2. The van der Waals surface area contributed by atoms with Crippen LogP contribution in [-0.2, 0) is 0 Å². The first-order valence-electron chi connectivity index (χ1n) is 5.83. The van der Waals surface area contributed by atoms with Crippen LogP contribution < -0.4 is 0 Å². The maximum absolute atomic E-state index is 2.63. The van der Waals surface area contributed by atoms with E-state index < -0.39 is 0 Å². The van der Waals surface area contributed by atoms with Gasteiger partial charge in [0.15, 0.2) is 0 Å². The number of hydrogen-bond donors (Lipinski definition) is 0. The quantitative estimate of drug-likeness (QED) is 0.677. The van der Waals surface area contributed by atoms with Crippen LogP contribution in [-0.4, -0.2) is 29.9 Å². The van der Waals surface area contributed by atoms with E-state index in [0.29, 0.717) is 0 Å². The van der Waals surface area contributed by atoms with Gasteiger partial charge in [0.1, 0.15) is 0 Å². The van der Waals surface area contributed by atoms with Crippen LogP contribution in [0.15, 0.2) is 9.45 Å². The van der Waals surface area contributed by atoms with Gasteiger partial charge in [-0.3, -0.25) is 0 Å². The summed E-state index contributed by atoms with van der Waals surface area (Å²) in [5, 5.41) is 2.78. The van der Waals surface area contributed by atoms with E-state index in [-0.39, 0.29) is 0 Å². The fourth-order valence-corrected chi connectivity index (χ4v) is 6.38. The Kier molecular flexibility index (Phi) is 7.33. The predicted octanol–water partition coefficient (Wildman–Crippen LogP) is 3.69. The molecule has 1 aliphatic carbocycles. The van der Waals surface area contributed by atoms with Gasteiger partial charge in [-0.25, -0.2) is 0 Å². The molecule has 0 amide bonds. The molecule has 1 rings (SSSR count). The van der Waals surface area contributed by atoms with E-state index in [9.17, 15) is 0 Å². The van der Waals surface area contributed by atoms with Crippen LogP contribution in [0.25, 0.3) is 0 Å². The molecule has 0 aromatic carbocycles. The average molecular weight is 324 g/mol. The van der Waals surface area contributed by atoms with Crippen LogP contribution in [0.4, 0.5) is 0 Å². The summed E-state index contributed by atoms with van der Waals surface area (Å²) >= 11 is 1.61. The van der Waals surface area contributed by atoms with E-state index in [1.54, 1.807) is 0 Å². The van der Waals surface area contributed by atoms with E-state index in [0.717, 1.165) is 35.8 Å².